The number of fused-ring (bicyclic) bond motifs is 2. The van der Waals surface area contributed by atoms with E-state index in [4.69, 9.17) is 14.5 Å². The van der Waals surface area contributed by atoms with E-state index in [1.807, 2.05) is 35.2 Å². The van der Waals surface area contributed by atoms with E-state index in [0.717, 1.165) is 53.5 Å². The topological polar surface area (TPSA) is 51.7 Å². The number of carbonyl (C=O) groups is 1. The van der Waals surface area contributed by atoms with Gasteiger partial charge in [-0.2, -0.15) is 0 Å². The summed E-state index contributed by atoms with van der Waals surface area (Å²) >= 11 is 1.76. The van der Waals surface area contributed by atoms with Crippen LogP contribution in [0.3, 0.4) is 0 Å². The van der Waals surface area contributed by atoms with Crippen molar-refractivity contribution in [2.45, 2.75) is 25.2 Å². The first kappa shape index (κ1) is 17.5. The Hall–Kier alpha value is -2.60. The highest BCUT2D eigenvalue weighted by molar-refractivity contribution is 7.18. The van der Waals surface area contributed by atoms with Gasteiger partial charge in [0.15, 0.2) is 11.5 Å². The van der Waals surface area contributed by atoms with Gasteiger partial charge in [-0.15, -0.1) is 11.3 Å². The number of thiazole rings is 1. The summed E-state index contributed by atoms with van der Waals surface area (Å²) in [5.74, 6) is 2.00. The Morgan fingerprint density at radius 1 is 1.14 bits per heavy atom. The number of benzene rings is 2. The molecule has 0 aliphatic carbocycles. The Bertz CT molecular complexity index is 983. The molecule has 5 rings (SSSR count). The normalized spacial score (nSPS) is 19.0. The summed E-state index contributed by atoms with van der Waals surface area (Å²) in [5, 5.41) is 1.15. The van der Waals surface area contributed by atoms with Gasteiger partial charge in [-0.05, 0) is 42.7 Å². The van der Waals surface area contributed by atoms with Crippen molar-refractivity contribution in [2.24, 2.45) is 0 Å². The number of para-hydroxylation sites is 1. The van der Waals surface area contributed by atoms with Crippen molar-refractivity contribution in [1.29, 1.82) is 0 Å². The maximum absolute atomic E-state index is 12.9. The van der Waals surface area contributed by atoms with Crippen molar-refractivity contribution in [3.05, 3.63) is 53.0 Å². The van der Waals surface area contributed by atoms with Crippen LogP contribution in [-0.2, 0) is 11.2 Å². The zero-order valence-electron chi connectivity index (χ0n) is 15.6. The molecule has 1 amide bonds. The van der Waals surface area contributed by atoms with Crippen LogP contribution in [0, 0.1) is 0 Å². The van der Waals surface area contributed by atoms with Gasteiger partial charge in [0.25, 0.3) is 0 Å². The number of piperidine rings is 1. The van der Waals surface area contributed by atoms with Crippen molar-refractivity contribution < 1.29 is 14.3 Å². The maximum atomic E-state index is 12.9. The Kier molecular flexibility index (Phi) is 4.64. The van der Waals surface area contributed by atoms with E-state index >= 15 is 0 Å². The van der Waals surface area contributed by atoms with E-state index in [0.29, 0.717) is 25.6 Å². The zero-order valence-corrected chi connectivity index (χ0v) is 16.4. The number of ether oxygens (including phenoxy) is 2. The van der Waals surface area contributed by atoms with Crippen LogP contribution >= 0.6 is 11.3 Å². The van der Waals surface area contributed by atoms with E-state index in [2.05, 4.69) is 12.1 Å². The third-order valence-corrected chi connectivity index (χ3v) is 6.59. The summed E-state index contributed by atoms with van der Waals surface area (Å²) in [7, 11) is 0. The number of likely N-dealkylation sites (tertiary alicyclic amines) is 1. The Labute approximate surface area is 167 Å². The average Bonchev–Trinajstić information content (AvgIpc) is 3.18. The number of nitrogens with zero attached hydrogens (tertiary/aromatic N) is 2. The predicted octanol–water partition coefficient (Wildman–Crippen LogP) is 4.02. The molecular formula is C22H22N2O3S. The van der Waals surface area contributed by atoms with E-state index < -0.39 is 0 Å². The molecule has 1 fully saturated rings. The second-order valence-corrected chi connectivity index (χ2v) is 8.42. The van der Waals surface area contributed by atoms with Gasteiger partial charge in [0.2, 0.25) is 5.91 Å². The van der Waals surface area contributed by atoms with Crippen LogP contribution in [0.1, 0.15) is 29.3 Å². The van der Waals surface area contributed by atoms with Gasteiger partial charge in [-0.1, -0.05) is 18.2 Å². The lowest BCUT2D eigenvalue weighted by Crippen LogP contribution is -2.39. The first-order valence-electron chi connectivity index (χ1n) is 9.78. The quantitative estimate of drug-likeness (QED) is 0.673. The monoisotopic (exact) mass is 394 g/mol. The van der Waals surface area contributed by atoms with Gasteiger partial charge >= 0.3 is 0 Å². The fraction of sp³-hybridized carbons (Fsp3) is 0.364. The van der Waals surface area contributed by atoms with Gasteiger partial charge in [-0.3, -0.25) is 4.79 Å². The molecule has 1 atom stereocenters. The summed E-state index contributed by atoms with van der Waals surface area (Å²) < 4.78 is 12.4. The van der Waals surface area contributed by atoms with Crippen molar-refractivity contribution in [1.82, 2.24) is 9.88 Å². The van der Waals surface area contributed by atoms with Crippen molar-refractivity contribution in [3.8, 4) is 11.5 Å². The summed E-state index contributed by atoms with van der Waals surface area (Å²) in [4.78, 5) is 19.7. The lowest BCUT2D eigenvalue weighted by Gasteiger charge is -2.32. The molecule has 2 aliphatic rings. The molecular weight excluding hydrogens is 372 g/mol. The molecule has 3 heterocycles. The summed E-state index contributed by atoms with van der Waals surface area (Å²) in [5.41, 5.74) is 2.03. The number of rotatable bonds is 3. The molecule has 1 aromatic heterocycles. The molecule has 0 N–H and O–H groups in total. The van der Waals surface area contributed by atoms with Crippen LogP contribution in [-0.4, -0.2) is 42.1 Å². The first-order chi connectivity index (χ1) is 13.8. The Balaban J connectivity index is 1.28. The molecule has 144 valence electrons. The molecule has 0 unspecified atom stereocenters. The number of hydrogen-bond donors (Lipinski definition) is 0. The zero-order chi connectivity index (χ0) is 18.9. The molecule has 0 spiro atoms. The van der Waals surface area contributed by atoms with Crippen LogP contribution in [0.15, 0.2) is 42.5 Å². The van der Waals surface area contributed by atoms with E-state index in [-0.39, 0.29) is 5.91 Å². The highest BCUT2D eigenvalue weighted by Crippen LogP contribution is 2.34. The average molecular weight is 394 g/mol. The van der Waals surface area contributed by atoms with Gasteiger partial charge in [0, 0.05) is 19.0 Å². The highest BCUT2D eigenvalue weighted by Gasteiger charge is 2.27. The standard InChI is InChI=1S/C22H22N2O3S/c25-21(13-15-7-8-18-19(12-15)27-11-10-26-18)24-9-3-4-16(14-24)22-23-17-5-1-2-6-20(17)28-22/h1-2,5-8,12,16H,3-4,9-11,13-14H2/t16-/m0/s1. The van der Waals surface area contributed by atoms with Crippen molar-refractivity contribution in [3.63, 3.8) is 0 Å². The minimum atomic E-state index is 0.169. The molecule has 28 heavy (non-hydrogen) atoms. The van der Waals surface area contributed by atoms with Gasteiger partial charge in [0.05, 0.1) is 21.6 Å². The van der Waals surface area contributed by atoms with Gasteiger partial charge in [-0.25, -0.2) is 4.98 Å². The van der Waals surface area contributed by atoms with Crippen LogP contribution in [0.25, 0.3) is 10.2 Å². The van der Waals surface area contributed by atoms with Crippen LogP contribution < -0.4 is 9.47 Å². The number of carbonyl (C=O) groups excluding carboxylic acids is 1. The second kappa shape index (κ2) is 7.43. The third-order valence-electron chi connectivity index (χ3n) is 5.40. The van der Waals surface area contributed by atoms with E-state index in [1.165, 1.54) is 4.70 Å². The fourth-order valence-electron chi connectivity index (χ4n) is 3.95. The third kappa shape index (κ3) is 3.44. The Morgan fingerprint density at radius 2 is 2.00 bits per heavy atom. The van der Waals surface area contributed by atoms with Crippen LogP contribution in [0.2, 0.25) is 0 Å². The maximum Gasteiger partial charge on any atom is 0.227 e. The van der Waals surface area contributed by atoms with E-state index in [9.17, 15) is 4.79 Å². The number of amides is 1. The highest BCUT2D eigenvalue weighted by atomic mass is 32.1. The summed E-state index contributed by atoms with van der Waals surface area (Å²) in [6.45, 7) is 2.71. The fourth-order valence-corrected chi connectivity index (χ4v) is 5.05. The van der Waals surface area contributed by atoms with Gasteiger partial charge < -0.3 is 14.4 Å². The van der Waals surface area contributed by atoms with Crippen LogP contribution in [0.5, 0.6) is 11.5 Å². The molecule has 2 aliphatic heterocycles. The lowest BCUT2D eigenvalue weighted by molar-refractivity contribution is -0.131. The second-order valence-electron chi connectivity index (χ2n) is 7.35. The Morgan fingerprint density at radius 3 is 2.89 bits per heavy atom. The molecule has 0 radical (unpaired) electrons. The SMILES string of the molecule is O=C(Cc1ccc2c(c1)OCCO2)N1CCC[C@H](c2nc3ccccc3s2)C1. The molecule has 3 aromatic rings. The molecule has 0 saturated carbocycles. The number of hydrogen-bond acceptors (Lipinski definition) is 5. The van der Waals surface area contributed by atoms with Crippen molar-refractivity contribution >= 4 is 27.5 Å². The minimum absolute atomic E-state index is 0.169. The molecule has 1 saturated heterocycles. The molecule has 5 nitrogen and oxygen atoms in total. The lowest BCUT2D eigenvalue weighted by atomic mass is 9.98. The van der Waals surface area contributed by atoms with Gasteiger partial charge in [0.1, 0.15) is 13.2 Å². The molecule has 6 heteroatoms. The minimum Gasteiger partial charge on any atom is -0.486 e. The van der Waals surface area contributed by atoms with E-state index in [1.54, 1.807) is 11.3 Å². The molecule has 0 bridgehead atoms. The first-order valence-corrected chi connectivity index (χ1v) is 10.6. The summed E-state index contributed by atoms with van der Waals surface area (Å²) in [6, 6.07) is 14.0. The number of aromatic nitrogens is 1. The predicted molar refractivity (Wildman–Crippen MR) is 109 cm³/mol. The van der Waals surface area contributed by atoms with Crippen molar-refractivity contribution in [2.75, 3.05) is 26.3 Å². The summed E-state index contributed by atoms with van der Waals surface area (Å²) in [6.07, 6.45) is 2.50. The largest absolute Gasteiger partial charge is 0.486 e. The smallest absolute Gasteiger partial charge is 0.227 e. The molecule has 2 aromatic carbocycles. The van der Waals surface area contributed by atoms with Crippen LogP contribution in [0.4, 0.5) is 0 Å².